The third-order valence-electron chi connectivity index (χ3n) is 5.53. The van der Waals surface area contributed by atoms with Crippen molar-refractivity contribution >= 4 is 16.9 Å². The first-order chi connectivity index (χ1) is 12.5. The first-order valence-electron chi connectivity index (χ1n) is 9.50. The van der Waals surface area contributed by atoms with Crippen molar-refractivity contribution in [3.63, 3.8) is 0 Å². The van der Waals surface area contributed by atoms with Crippen LogP contribution in [0.15, 0.2) is 27.4 Å². The van der Waals surface area contributed by atoms with Gasteiger partial charge in [0.05, 0.1) is 0 Å². The van der Waals surface area contributed by atoms with Crippen LogP contribution in [-0.2, 0) is 17.6 Å². The highest BCUT2D eigenvalue weighted by atomic mass is 16.5. The van der Waals surface area contributed by atoms with Crippen LogP contribution >= 0.6 is 0 Å². The van der Waals surface area contributed by atoms with E-state index in [0.717, 1.165) is 48.9 Å². The van der Waals surface area contributed by atoms with Gasteiger partial charge in [-0.25, -0.2) is 4.79 Å². The number of benzene rings is 1. The third-order valence-corrected chi connectivity index (χ3v) is 5.53. The van der Waals surface area contributed by atoms with Crippen LogP contribution < -0.4 is 10.4 Å². The Morgan fingerprint density at radius 2 is 1.92 bits per heavy atom. The standard InChI is InChI=1S/C21H25NO4/c1-13-8-14(2)11-22(10-13)20(23)12-25-15-6-7-17-16-4-3-5-18(16)21(24)26-19(17)9-15/h6-7,9,13-14H,3-5,8,10-12H2,1-2H3/t13-,14-/m0/s1. The molecule has 2 heterocycles. The van der Waals surface area contributed by atoms with Crippen LogP contribution in [0.4, 0.5) is 0 Å². The molecule has 1 amide bonds. The number of piperidine rings is 1. The zero-order valence-electron chi connectivity index (χ0n) is 15.4. The van der Waals surface area contributed by atoms with Crippen molar-refractivity contribution in [3.8, 4) is 5.75 Å². The predicted molar refractivity (Wildman–Crippen MR) is 99.5 cm³/mol. The summed E-state index contributed by atoms with van der Waals surface area (Å²) in [6.45, 7) is 5.97. The fraction of sp³-hybridized carbons (Fsp3) is 0.524. The molecule has 5 heteroatoms. The van der Waals surface area contributed by atoms with Crippen LogP contribution in [0.2, 0.25) is 0 Å². The number of hydrogen-bond donors (Lipinski definition) is 0. The second-order valence-electron chi connectivity index (χ2n) is 7.89. The van der Waals surface area contributed by atoms with E-state index in [1.54, 1.807) is 6.07 Å². The van der Waals surface area contributed by atoms with Crippen LogP contribution in [0.5, 0.6) is 5.75 Å². The van der Waals surface area contributed by atoms with Crippen LogP contribution in [0.3, 0.4) is 0 Å². The van der Waals surface area contributed by atoms with Crippen molar-refractivity contribution < 1.29 is 13.9 Å². The van der Waals surface area contributed by atoms with E-state index < -0.39 is 0 Å². The molecule has 1 saturated heterocycles. The maximum absolute atomic E-state index is 12.5. The Kier molecular flexibility index (Phi) is 4.47. The minimum Gasteiger partial charge on any atom is -0.484 e. The van der Waals surface area contributed by atoms with Gasteiger partial charge in [-0.1, -0.05) is 13.8 Å². The molecule has 1 aromatic heterocycles. The lowest BCUT2D eigenvalue weighted by molar-refractivity contribution is -0.136. The molecule has 0 radical (unpaired) electrons. The lowest BCUT2D eigenvalue weighted by Gasteiger charge is -2.34. The zero-order valence-corrected chi connectivity index (χ0v) is 15.4. The maximum Gasteiger partial charge on any atom is 0.339 e. The number of fused-ring (bicyclic) bond motifs is 3. The minimum absolute atomic E-state index is 0.0129. The molecule has 0 N–H and O–H groups in total. The highest BCUT2D eigenvalue weighted by molar-refractivity contribution is 5.83. The molecule has 1 aliphatic heterocycles. The van der Waals surface area contributed by atoms with Gasteiger partial charge in [0.15, 0.2) is 6.61 Å². The van der Waals surface area contributed by atoms with Crippen LogP contribution in [0.1, 0.15) is 37.8 Å². The number of likely N-dealkylation sites (tertiary alicyclic amines) is 1. The highest BCUT2D eigenvalue weighted by Crippen LogP contribution is 2.29. The number of ether oxygens (including phenoxy) is 1. The normalized spacial score (nSPS) is 22.5. The molecule has 26 heavy (non-hydrogen) atoms. The Hall–Kier alpha value is -2.30. The van der Waals surface area contributed by atoms with Crippen LogP contribution in [-0.4, -0.2) is 30.5 Å². The number of aryl methyl sites for hydroxylation is 1. The lowest BCUT2D eigenvalue weighted by Crippen LogP contribution is -2.44. The number of nitrogens with zero attached hydrogens (tertiary/aromatic N) is 1. The van der Waals surface area contributed by atoms with Gasteiger partial charge < -0.3 is 14.1 Å². The van der Waals surface area contributed by atoms with Gasteiger partial charge in [-0.05, 0) is 55.2 Å². The van der Waals surface area contributed by atoms with E-state index >= 15 is 0 Å². The first-order valence-corrected chi connectivity index (χ1v) is 9.50. The van der Waals surface area contributed by atoms with Gasteiger partial charge in [-0.3, -0.25) is 4.79 Å². The number of rotatable bonds is 3. The molecule has 1 aliphatic carbocycles. The molecule has 2 atom stereocenters. The summed E-state index contributed by atoms with van der Waals surface area (Å²) in [5.74, 6) is 1.63. The average Bonchev–Trinajstić information content (AvgIpc) is 3.09. The third kappa shape index (κ3) is 3.22. The Balaban J connectivity index is 1.49. The molecule has 5 nitrogen and oxygen atoms in total. The van der Waals surface area contributed by atoms with Gasteiger partial charge in [0, 0.05) is 30.1 Å². The predicted octanol–water partition coefficient (Wildman–Crippen LogP) is 3.17. The molecule has 0 saturated carbocycles. The Bertz CT molecular complexity index is 891. The van der Waals surface area contributed by atoms with Crippen molar-refractivity contribution in [2.45, 2.75) is 39.5 Å². The zero-order chi connectivity index (χ0) is 18.3. The maximum atomic E-state index is 12.5. The summed E-state index contributed by atoms with van der Waals surface area (Å²) in [4.78, 5) is 26.5. The first kappa shape index (κ1) is 17.1. The van der Waals surface area contributed by atoms with E-state index in [0.29, 0.717) is 23.2 Å². The van der Waals surface area contributed by atoms with E-state index in [4.69, 9.17) is 9.15 Å². The van der Waals surface area contributed by atoms with E-state index in [2.05, 4.69) is 13.8 Å². The van der Waals surface area contributed by atoms with Gasteiger partial charge in [0.2, 0.25) is 0 Å². The summed E-state index contributed by atoms with van der Waals surface area (Å²) in [6, 6.07) is 5.52. The smallest absolute Gasteiger partial charge is 0.339 e. The molecule has 1 fully saturated rings. The average molecular weight is 355 g/mol. The molecule has 0 bridgehead atoms. The van der Waals surface area contributed by atoms with Gasteiger partial charge in [-0.15, -0.1) is 0 Å². The Labute approximate surface area is 152 Å². The highest BCUT2D eigenvalue weighted by Gasteiger charge is 2.25. The summed E-state index contributed by atoms with van der Waals surface area (Å²) in [5.41, 5.74) is 2.22. The van der Waals surface area contributed by atoms with Crippen molar-refractivity contribution in [3.05, 3.63) is 39.7 Å². The molecule has 0 spiro atoms. The summed E-state index contributed by atoms with van der Waals surface area (Å²) in [5, 5.41) is 0.981. The summed E-state index contributed by atoms with van der Waals surface area (Å²) in [6.07, 6.45) is 3.88. The molecule has 138 valence electrons. The fourth-order valence-corrected chi connectivity index (χ4v) is 4.46. The van der Waals surface area contributed by atoms with Gasteiger partial charge in [-0.2, -0.15) is 0 Å². The SMILES string of the molecule is C[C@H]1C[C@H](C)CN(C(=O)COc2ccc3c4c(c(=O)oc3c2)CCC4)C1. The monoisotopic (exact) mass is 355 g/mol. The number of hydrogen-bond acceptors (Lipinski definition) is 4. The number of carbonyl (C=O) groups excluding carboxylic acids is 1. The van der Waals surface area contributed by atoms with E-state index in [1.807, 2.05) is 17.0 Å². The summed E-state index contributed by atoms with van der Waals surface area (Å²) < 4.78 is 11.2. The molecular weight excluding hydrogens is 330 g/mol. The van der Waals surface area contributed by atoms with Crippen molar-refractivity contribution in [2.24, 2.45) is 11.8 Å². The fourth-order valence-electron chi connectivity index (χ4n) is 4.46. The minimum atomic E-state index is -0.241. The van der Waals surface area contributed by atoms with Crippen molar-refractivity contribution in [1.29, 1.82) is 0 Å². The van der Waals surface area contributed by atoms with Gasteiger partial charge >= 0.3 is 5.63 Å². The largest absolute Gasteiger partial charge is 0.484 e. The van der Waals surface area contributed by atoms with Crippen LogP contribution in [0.25, 0.3) is 11.0 Å². The number of amides is 1. The van der Waals surface area contributed by atoms with Crippen molar-refractivity contribution in [2.75, 3.05) is 19.7 Å². The van der Waals surface area contributed by atoms with Gasteiger partial charge in [0.1, 0.15) is 11.3 Å². The topological polar surface area (TPSA) is 59.8 Å². The molecular formula is C21H25NO4. The van der Waals surface area contributed by atoms with E-state index in [-0.39, 0.29) is 18.1 Å². The molecule has 2 aliphatic rings. The molecule has 4 rings (SSSR count). The van der Waals surface area contributed by atoms with E-state index in [1.165, 1.54) is 6.42 Å². The van der Waals surface area contributed by atoms with E-state index in [9.17, 15) is 9.59 Å². The summed E-state index contributed by atoms with van der Waals surface area (Å²) in [7, 11) is 0. The quantitative estimate of drug-likeness (QED) is 0.794. The second kappa shape index (κ2) is 6.78. The summed E-state index contributed by atoms with van der Waals surface area (Å²) >= 11 is 0. The van der Waals surface area contributed by atoms with Crippen molar-refractivity contribution in [1.82, 2.24) is 4.90 Å². The van der Waals surface area contributed by atoms with Crippen LogP contribution in [0, 0.1) is 11.8 Å². The van der Waals surface area contributed by atoms with Gasteiger partial charge in [0.25, 0.3) is 5.91 Å². The molecule has 0 unspecified atom stereocenters. The lowest BCUT2D eigenvalue weighted by atomic mass is 9.92. The second-order valence-corrected chi connectivity index (χ2v) is 7.89. The number of carbonyl (C=O) groups is 1. The molecule has 2 aromatic rings. The molecule has 1 aromatic carbocycles. The Morgan fingerprint density at radius 3 is 2.69 bits per heavy atom. The Morgan fingerprint density at radius 1 is 1.19 bits per heavy atom.